The van der Waals surface area contributed by atoms with E-state index < -0.39 is 22.0 Å². The van der Waals surface area contributed by atoms with Crippen molar-refractivity contribution < 1.29 is 6.15 Å². The fourth-order valence-corrected chi connectivity index (χ4v) is 5.05. The van der Waals surface area contributed by atoms with Gasteiger partial charge in [0.15, 0.2) is 0 Å². The van der Waals surface area contributed by atoms with Crippen molar-refractivity contribution in [1.82, 2.24) is 0 Å². The molecule has 0 aliphatic carbocycles. The topological polar surface area (TPSA) is 18.5 Å². The molecular formula is C24H34O2Sn. The summed E-state index contributed by atoms with van der Waals surface area (Å²) in [6.07, 6.45) is 6.98. The molecule has 146 valence electrons. The Balaban J connectivity index is 2.13. The predicted molar refractivity (Wildman–Crippen MR) is 116 cm³/mol. The van der Waals surface area contributed by atoms with Crippen LogP contribution in [0.25, 0.3) is 0 Å². The summed E-state index contributed by atoms with van der Waals surface area (Å²) in [5.41, 5.74) is 8.16. The van der Waals surface area contributed by atoms with Crippen LogP contribution in [0.5, 0.6) is 11.5 Å². The Kier molecular flexibility index (Phi) is 9.01. The standard InChI is InChI=1S/2C12H18O.Sn/c2*1-4-5-6-11-10(3)9(2)7-8-12(11)13;/h2*7-8,13H,4-6H2,1-3H3;/q;;+2/p-2. The van der Waals surface area contributed by atoms with Gasteiger partial charge in [0, 0.05) is 0 Å². The molecule has 0 aromatic heterocycles. The van der Waals surface area contributed by atoms with E-state index in [4.69, 9.17) is 6.15 Å². The van der Waals surface area contributed by atoms with Gasteiger partial charge in [0.05, 0.1) is 0 Å². The maximum atomic E-state index is 6.25. The Morgan fingerprint density at radius 1 is 0.667 bits per heavy atom. The van der Waals surface area contributed by atoms with E-state index in [0.717, 1.165) is 24.3 Å². The first-order chi connectivity index (χ1) is 13.0. The normalized spacial score (nSPS) is 10.9. The van der Waals surface area contributed by atoms with Crippen LogP contribution in [0.15, 0.2) is 24.3 Å². The van der Waals surface area contributed by atoms with Crippen LogP contribution in [0.1, 0.15) is 72.9 Å². The molecule has 0 fully saturated rings. The molecule has 0 saturated carbocycles. The van der Waals surface area contributed by atoms with Crippen LogP contribution in [0, 0.1) is 27.7 Å². The molecule has 0 aliphatic rings. The molecule has 2 rings (SSSR count). The first-order valence-corrected chi connectivity index (χ1v) is 12.6. The van der Waals surface area contributed by atoms with Gasteiger partial charge in [-0.15, -0.1) is 0 Å². The van der Waals surface area contributed by atoms with Crippen LogP contribution in [-0.2, 0) is 12.8 Å². The molecule has 0 spiro atoms. The van der Waals surface area contributed by atoms with E-state index in [-0.39, 0.29) is 0 Å². The van der Waals surface area contributed by atoms with Gasteiger partial charge in [0.2, 0.25) is 0 Å². The molecule has 0 amide bonds. The molecule has 27 heavy (non-hydrogen) atoms. The van der Waals surface area contributed by atoms with Crippen molar-refractivity contribution in [3.63, 3.8) is 0 Å². The Morgan fingerprint density at radius 3 is 1.44 bits per heavy atom. The molecule has 0 heterocycles. The molecule has 0 unspecified atom stereocenters. The molecule has 0 N–H and O–H groups in total. The second kappa shape index (κ2) is 11.0. The third-order valence-corrected chi connectivity index (χ3v) is 7.25. The summed E-state index contributed by atoms with van der Waals surface area (Å²) >= 11 is -1.44. The van der Waals surface area contributed by atoms with Gasteiger partial charge in [0.1, 0.15) is 0 Å². The van der Waals surface area contributed by atoms with Crippen molar-refractivity contribution in [2.24, 2.45) is 0 Å². The maximum absolute atomic E-state index is 6.25. The number of unbranched alkanes of at least 4 members (excludes halogenated alkanes) is 2. The molecule has 2 radical (unpaired) electrons. The summed E-state index contributed by atoms with van der Waals surface area (Å²) < 4.78 is 12.5. The SMILES string of the molecule is CCCCc1c([O][Sn][O]c2ccc(C)c(C)c2CCCC)ccc(C)c1C. The monoisotopic (exact) mass is 474 g/mol. The van der Waals surface area contributed by atoms with E-state index in [1.165, 1.54) is 59.1 Å². The molecule has 2 nitrogen and oxygen atoms in total. The average molecular weight is 473 g/mol. The third-order valence-electron chi connectivity index (χ3n) is 5.52. The first-order valence-electron chi connectivity index (χ1n) is 10.3. The molecule has 0 saturated heterocycles. The van der Waals surface area contributed by atoms with Crippen molar-refractivity contribution >= 4 is 22.0 Å². The van der Waals surface area contributed by atoms with Gasteiger partial charge in [-0.25, -0.2) is 0 Å². The van der Waals surface area contributed by atoms with Crippen LogP contribution in [0.2, 0.25) is 0 Å². The molecule has 2 aromatic rings. The number of benzene rings is 2. The van der Waals surface area contributed by atoms with Crippen molar-refractivity contribution in [2.45, 2.75) is 80.1 Å². The summed E-state index contributed by atoms with van der Waals surface area (Å²) in [7, 11) is 0. The van der Waals surface area contributed by atoms with Crippen molar-refractivity contribution in [3.8, 4) is 11.5 Å². The summed E-state index contributed by atoms with van der Waals surface area (Å²) in [4.78, 5) is 0. The fourth-order valence-electron chi connectivity index (χ4n) is 3.33. The molecule has 3 heteroatoms. The third kappa shape index (κ3) is 5.91. The second-order valence-electron chi connectivity index (χ2n) is 7.46. The molecule has 0 bridgehead atoms. The Labute approximate surface area is 177 Å². The van der Waals surface area contributed by atoms with E-state index >= 15 is 0 Å². The molecule has 0 atom stereocenters. The van der Waals surface area contributed by atoms with Gasteiger partial charge >= 0.3 is 177 Å². The summed E-state index contributed by atoms with van der Waals surface area (Å²) in [5, 5.41) is 0. The number of hydrogen-bond donors (Lipinski definition) is 0. The first kappa shape index (κ1) is 22.1. The predicted octanol–water partition coefficient (Wildman–Crippen LogP) is 6.60. The van der Waals surface area contributed by atoms with Gasteiger partial charge in [-0.1, -0.05) is 0 Å². The molecular weight excluding hydrogens is 439 g/mol. The minimum absolute atomic E-state index is 1.04. The zero-order chi connectivity index (χ0) is 19.8. The minimum atomic E-state index is -1.44. The number of rotatable bonds is 10. The van der Waals surface area contributed by atoms with Crippen LogP contribution in [0.3, 0.4) is 0 Å². The van der Waals surface area contributed by atoms with E-state index in [1.54, 1.807) is 0 Å². The van der Waals surface area contributed by atoms with Gasteiger partial charge in [-0.3, -0.25) is 0 Å². The van der Waals surface area contributed by atoms with E-state index in [1.807, 2.05) is 0 Å². The van der Waals surface area contributed by atoms with Gasteiger partial charge in [-0.2, -0.15) is 0 Å². The Bertz CT molecular complexity index is 689. The van der Waals surface area contributed by atoms with Crippen molar-refractivity contribution in [3.05, 3.63) is 57.6 Å². The van der Waals surface area contributed by atoms with Crippen LogP contribution in [0.4, 0.5) is 0 Å². The van der Waals surface area contributed by atoms with E-state index in [0.29, 0.717) is 0 Å². The number of aryl methyl sites for hydroxylation is 2. The Morgan fingerprint density at radius 2 is 1.07 bits per heavy atom. The summed E-state index contributed by atoms with van der Waals surface area (Å²) in [5.74, 6) is 2.08. The zero-order valence-electron chi connectivity index (χ0n) is 17.9. The summed E-state index contributed by atoms with van der Waals surface area (Å²) in [6, 6.07) is 8.61. The second-order valence-corrected chi connectivity index (χ2v) is 9.10. The number of hydrogen-bond acceptors (Lipinski definition) is 2. The zero-order valence-corrected chi connectivity index (χ0v) is 20.7. The van der Waals surface area contributed by atoms with Gasteiger partial charge < -0.3 is 0 Å². The van der Waals surface area contributed by atoms with Crippen molar-refractivity contribution in [1.29, 1.82) is 0 Å². The van der Waals surface area contributed by atoms with Crippen molar-refractivity contribution in [2.75, 3.05) is 0 Å². The molecule has 0 aliphatic heterocycles. The van der Waals surface area contributed by atoms with Crippen LogP contribution < -0.4 is 6.15 Å². The van der Waals surface area contributed by atoms with Gasteiger partial charge in [-0.05, 0) is 0 Å². The van der Waals surface area contributed by atoms with Crippen LogP contribution >= 0.6 is 0 Å². The van der Waals surface area contributed by atoms with Gasteiger partial charge in [0.25, 0.3) is 0 Å². The van der Waals surface area contributed by atoms with E-state index in [9.17, 15) is 0 Å². The summed E-state index contributed by atoms with van der Waals surface area (Å²) in [6.45, 7) is 13.3. The fraction of sp³-hybridized carbons (Fsp3) is 0.500. The quantitative estimate of drug-likeness (QED) is 0.362. The van der Waals surface area contributed by atoms with E-state index in [2.05, 4.69) is 65.8 Å². The Hall–Kier alpha value is -1.16. The van der Waals surface area contributed by atoms with Crippen LogP contribution in [-0.4, -0.2) is 22.0 Å². The average Bonchev–Trinajstić information content (AvgIpc) is 2.66. The molecule has 2 aromatic carbocycles.